The fourth-order valence-electron chi connectivity index (χ4n) is 2.78. The molecule has 144 valence electrons. The van der Waals surface area contributed by atoms with Crippen molar-refractivity contribution in [2.45, 2.75) is 13.8 Å². The maximum absolute atomic E-state index is 12.3. The first kappa shape index (κ1) is 19.1. The number of ether oxygens (including phenoxy) is 3. The molecular formula is C20H18N2O6. The molecule has 1 aliphatic heterocycles. The van der Waals surface area contributed by atoms with Crippen molar-refractivity contribution in [2.75, 3.05) is 13.7 Å². The number of nitro benzene ring substituents is 1. The highest BCUT2D eigenvalue weighted by molar-refractivity contribution is 6.13. The number of hydrogen-bond acceptors (Lipinski definition) is 7. The number of rotatable bonds is 6. The van der Waals surface area contributed by atoms with Gasteiger partial charge in [-0.05, 0) is 38.1 Å². The molecule has 0 fully saturated rings. The van der Waals surface area contributed by atoms with Crippen molar-refractivity contribution < 1.29 is 23.9 Å². The SMILES string of the molecule is CCOc1c(/C=C2\N=C(c3ccc([N+](=O)[O-])c(C)c3)OC2=O)cccc1OC. The Hall–Kier alpha value is -3.68. The molecule has 1 heterocycles. The molecule has 8 nitrogen and oxygen atoms in total. The second kappa shape index (κ2) is 7.91. The topological polar surface area (TPSA) is 100 Å². The van der Waals surface area contributed by atoms with E-state index >= 15 is 0 Å². The molecule has 3 rings (SSSR count). The van der Waals surface area contributed by atoms with Gasteiger partial charge in [-0.1, -0.05) is 12.1 Å². The van der Waals surface area contributed by atoms with Gasteiger partial charge in [-0.15, -0.1) is 0 Å². The minimum Gasteiger partial charge on any atom is -0.493 e. The van der Waals surface area contributed by atoms with E-state index in [2.05, 4.69) is 4.99 Å². The van der Waals surface area contributed by atoms with Gasteiger partial charge in [0.05, 0.1) is 18.6 Å². The Bertz CT molecular complexity index is 1010. The smallest absolute Gasteiger partial charge is 0.363 e. The average molecular weight is 382 g/mol. The van der Waals surface area contributed by atoms with Crippen LogP contribution in [0.15, 0.2) is 47.1 Å². The summed E-state index contributed by atoms with van der Waals surface area (Å²) < 4.78 is 16.2. The minimum atomic E-state index is -0.615. The molecule has 0 spiro atoms. The van der Waals surface area contributed by atoms with Crippen LogP contribution in [0, 0.1) is 17.0 Å². The molecule has 0 bridgehead atoms. The quantitative estimate of drug-likeness (QED) is 0.327. The zero-order valence-corrected chi connectivity index (χ0v) is 15.6. The van der Waals surface area contributed by atoms with Crippen molar-refractivity contribution in [3.05, 3.63) is 68.9 Å². The lowest BCUT2D eigenvalue weighted by Gasteiger charge is -2.11. The third-order valence-electron chi connectivity index (χ3n) is 4.07. The fourth-order valence-corrected chi connectivity index (χ4v) is 2.78. The van der Waals surface area contributed by atoms with Gasteiger partial charge < -0.3 is 14.2 Å². The molecular weight excluding hydrogens is 364 g/mol. The van der Waals surface area contributed by atoms with Crippen LogP contribution in [0.5, 0.6) is 11.5 Å². The number of aryl methyl sites for hydroxylation is 1. The van der Waals surface area contributed by atoms with Crippen LogP contribution in [-0.2, 0) is 9.53 Å². The van der Waals surface area contributed by atoms with E-state index in [4.69, 9.17) is 14.2 Å². The number of methoxy groups -OCH3 is 1. The number of nitro groups is 1. The van der Waals surface area contributed by atoms with Crippen LogP contribution in [0.1, 0.15) is 23.6 Å². The maximum Gasteiger partial charge on any atom is 0.363 e. The highest BCUT2D eigenvalue weighted by Crippen LogP contribution is 2.33. The highest BCUT2D eigenvalue weighted by atomic mass is 16.6. The van der Waals surface area contributed by atoms with Gasteiger partial charge in [-0.3, -0.25) is 10.1 Å². The van der Waals surface area contributed by atoms with Crippen molar-refractivity contribution >= 4 is 23.6 Å². The summed E-state index contributed by atoms with van der Waals surface area (Å²) in [5, 5.41) is 11.0. The first-order chi connectivity index (χ1) is 13.4. The number of esters is 1. The van der Waals surface area contributed by atoms with Gasteiger partial charge in [0.25, 0.3) is 5.69 Å². The van der Waals surface area contributed by atoms with E-state index in [0.717, 1.165) is 0 Å². The lowest BCUT2D eigenvalue weighted by molar-refractivity contribution is -0.385. The summed E-state index contributed by atoms with van der Waals surface area (Å²) in [4.78, 5) is 27.0. The molecule has 0 aromatic heterocycles. The van der Waals surface area contributed by atoms with Crippen LogP contribution in [0.4, 0.5) is 5.69 Å². The van der Waals surface area contributed by atoms with Crippen molar-refractivity contribution in [3.63, 3.8) is 0 Å². The molecule has 0 saturated heterocycles. The monoisotopic (exact) mass is 382 g/mol. The van der Waals surface area contributed by atoms with Crippen molar-refractivity contribution in [1.82, 2.24) is 0 Å². The molecule has 0 aliphatic carbocycles. The molecule has 0 saturated carbocycles. The first-order valence-electron chi connectivity index (χ1n) is 8.52. The van der Waals surface area contributed by atoms with Gasteiger partial charge in [-0.25, -0.2) is 9.79 Å². The molecule has 0 N–H and O–H groups in total. The van der Waals surface area contributed by atoms with Gasteiger partial charge in [0.15, 0.2) is 17.2 Å². The van der Waals surface area contributed by atoms with Crippen molar-refractivity contribution in [3.8, 4) is 11.5 Å². The van der Waals surface area contributed by atoms with E-state index < -0.39 is 10.9 Å². The van der Waals surface area contributed by atoms with E-state index in [1.165, 1.54) is 19.2 Å². The lowest BCUT2D eigenvalue weighted by atomic mass is 10.1. The normalized spacial score (nSPS) is 14.6. The molecule has 0 amide bonds. The largest absolute Gasteiger partial charge is 0.493 e. The zero-order chi connectivity index (χ0) is 20.3. The van der Waals surface area contributed by atoms with Crippen LogP contribution >= 0.6 is 0 Å². The molecule has 0 unspecified atom stereocenters. The summed E-state index contributed by atoms with van der Waals surface area (Å²) in [5.74, 6) is 0.520. The second-order valence-electron chi connectivity index (χ2n) is 5.91. The van der Waals surface area contributed by atoms with Crippen LogP contribution in [-0.4, -0.2) is 30.5 Å². The van der Waals surface area contributed by atoms with E-state index in [9.17, 15) is 14.9 Å². The van der Waals surface area contributed by atoms with Gasteiger partial charge in [0.2, 0.25) is 5.90 Å². The van der Waals surface area contributed by atoms with Crippen LogP contribution < -0.4 is 9.47 Å². The van der Waals surface area contributed by atoms with E-state index in [1.807, 2.05) is 6.92 Å². The van der Waals surface area contributed by atoms with Crippen molar-refractivity contribution in [2.24, 2.45) is 4.99 Å². The first-order valence-corrected chi connectivity index (χ1v) is 8.52. The number of aliphatic imine (C=N–C) groups is 1. The van der Waals surface area contributed by atoms with Gasteiger partial charge >= 0.3 is 5.97 Å². The Balaban J connectivity index is 1.99. The standard InChI is InChI=1S/C20H18N2O6/c1-4-27-18-13(6-5-7-17(18)26-3)11-15-20(23)28-19(21-15)14-8-9-16(22(24)25)12(2)10-14/h5-11H,4H2,1-3H3/b15-11-. The van der Waals surface area contributed by atoms with Crippen LogP contribution in [0.2, 0.25) is 0 Å². The molecule has 28 heavy (non-hydrogen) atoms. The number of hydrogen-bond donors (Lipinski definition) is 0. The number of carbonyl (C=O) groups is 1. The maximum atomic E-state index is 12.3. The van der Waals surface area contributed by atoms with E-state index in [-0.39, 0.29) is 17.3 Å². The minimum absolute atomic E-state index is 0.0119. The molecule has 0 atom stereocenters. The van der Waals surface area contributed by atoms with E-state index in [1.54, 1.807) is 37.3 Å². The molecule has 1 aliphatic rings. The number of carbonyl (C=O) groups excluding carboxylic acids is 1. The van der Waals surface area contributed by atoms with Crippen molar-refractivity contribution in [1.29, 1.82) is 0 Å². The Morgan fingerprint density at radius 1 is 1.29 bits per heavy atom. The molecule has 2 aromatic carbocycles. The second-order valence-corrected chi connectivity index (χ2v) is 5.91. The number of benzene rings is 2. The summed E-state index contributed by atoms with van der Waals surface area (Å²) in [7, 11) is 1.53. The average Bonchev–Trinajstić information content (AvgIpc) is 3.03. The molecule has 8 heteroatoms. The summed E-state index contributed by atoms with van der Waals surface area (Å²) in [6.45, 7) is 3.89. The summed E-state index contributed by atoms with van der Waals surface area (Å²) >= 11 is 0. The number of para-hydroxylation sites is 1. The van der Waals surface area contributed by atoms with Crippen LogP contribution in [0.3, 0.4) is 0 Å². The Morgan fingerprint density at radius 3 is 2.71 bits per heavy atom. The fraction of sp³-hybridized carbons (Fsp3) is 0.200. The number of nitrogens with zero attached hydrogens (tertiary/aromatic N) is 2. The van der Waals surface area contributed by atoms with Crippen LogP contribution in [0.25, 0.3) is 6.08 Å². The Labute approximate surface area is 161 Å². The predicted octanol–water partition coefficient (Wildman–Crippen LogP) is 3.66. The lowest BCUT2D eigenvalue weighted by Crippen LogP contribution is -2.06. The third kappa shape index (κ3) is 3.71. The predicted molar refractivity (Wildman–Crippen MR) is 103 cm³/mol. The Morgan fingerprint density at radius 2 is 2.07 bits per heavy atom. The van der Waals surface area contributed by atoms with Gasteiger partial charge in [-0.2, -0.15) is 0 Å². The zero-order valence-electron chi connectivity index (χ0n) is 15.6. The van der Waals surface area contributed by atoms with E-state index in [0.29, 0.717) is 34.8 Å². The van der Waals surface area contributed by atoms with Gasteiger partial charge in [0.1, 0.15) is 0 Å². The summed E-state index contributed by atoms with van der Waals surface area (Å²) in [6, 6.07) is 9.73. The number of cyclic esters (lactones) is 1. The third-order valence-corrected chi connectivity index (χ3v) is 4.07. The molecule has 2 aromatic rings. The molecule has 0 radical (unpaired) electrons. The highest BCUT2D eigenvalue weighted by Gasteiger charge is 2.26. The Kier molecular flexibility index (Phi) is 5.39. The van der Waals surface area contributed by atoms with Gasteiger partial charge in [0, 0.05) is 22.8 Å². The summed E-state index contributed by atoms with van der Waals surface area (Å²) in [5.41, 5.74) is 1.64. The summed E-state index contributed by atoms with van der Waals surface area (Å²) in [6.07, 6.45) is 1.56.